The van der Waals surface area contributed by atoms with Crippen molar-refractivity contribution >= 4 is 23.5 Å². The molecule has 4 rings (SSSR count). The van der Waals surface area contributed by atoms with E-state index in [1.165, 1.54) is 18.3 Å². The molecule has 1 N–H and O–H groups in total. The van der Waals surface area contributed by atoms with Gasteiger partial charge in [-0.1, -0.05) is 0 Å². The van der Waals surface area contributed by atoms with E-state index in [0.717, 1.165) is 18.4 Å². The molecule has 0 amide bonds. The third-order valence-corrected chi connectivity index (χ3v) is 6.97. The number of carbonyl (C=O) groups excluding carboxylic acids is 1. The zero-order chi connectivity index (χ0) is 27.2. The van der Waals surface area contributed by atoms with Gasteiger partial charge in [0.15, 0.2) is 12.5 Å². The summed E-state index contributed by atoms with van der Waals surface area (Å²) in [5.74, 6) is 0.608. The van der Waals surface area contributed by atoms with Crippen molar-refractivity contribution < 1.29 is 32.0 Å². The molecule has 2 aromatic rings. The third-order valence-electron chi connectivity index (χ3n) is 6.97. The van der Waals surface area contributed by atoms with Crippen molar-refractivity contribution in [3.63, 3.8) is 0 Å². The SMILES string of the molecule is O=CC(OC1CCC(Nc2ccc([N+](=O)[O-])c(C(F)F)c2)CC1)N1CCN(c2ccc(C(F)F)cn2)CC1. The average Bonchev–Trinajstić information content (AvgIpc) is 2.92. The standard InChI is InChI=1S/C25H29F4N5O4/c26-24(27)16-1-8-22(30-14-16)32-9-11-33(12-10-32)23(15-35)38-19-5-2-17(3-6-19)31-18-4-7-21(34(36)37)20(13-18)25(28)29/h1,4,7-8,13-15,17,19,23-25,31H,2-3,5-6,9-12H2. The number of hydrogen-bond donors (Lipinski definition) is 1. The van der Waals surface area contributed by atoms with E-state index in [9.17, 15) is 32.5 Å². The number of aromatic nitrogens is 1. The van der Waals surface area contributed by atoms with Crippen LogP contribution in [-0.2, 0) is 9.53 Å². The molecular formula is C25H29F4N5O4. The largest absolute Gasteiger partial charge is 0.382 e. The molecule has 1 aliphatic carbocycles. The molecule has 1 aliphatic heterocycles. The van der Waals surface area contributed by atoms with E-state index in [4.69, 9.17) is 4.74 Å². The van der Waals surface area contributed by atoms with Crippen LogP contribution in [0.2, 0.25) is 0 Å². The Morgan fingerprint density at radius 2 is 1.74 bits per heavy atom. The lowest BCUT2D eigenvalue weighted by atomic mass is 9.92. The van der Waals surface area contributed by atoms with Gasteiger partial charge < -0.3 is 15.0 Å². The molecule has 1 aromatic heterocycles. The number of pyridine rings is 1. The van der Waals surface area contributed by atoms with Crippen LogP contribution in [-0.4, -0.2) is 65.6 Å². The number of anilines is 2. The number of hydrogen-bond acceptors (Lipinski definition) is 8. The highest BCUT2D eigenvalue weighted by molar-refractivity contribution is 5.56. The van der Waals surface area contributed by atoms with E-state index < -0.39 is 35.3 Å². The Hall–Kier alpha value is -3.32. The molecule has 13 heteroatoms. The molecule has 2 fully saturated rings. The number of aldehydes is 1. The number of rotatable bonds is 10. The van der Waals surface area contributed by atoms with Crippen molar-refractivity contribution in [3.8, 4) is 0 Å². The first-order valence-corrected chi connectivity index (χ1v) is 12.4. The van der Waals surface area contributed by atoms with E-state index in [2.05, 4.69) is 10.3 Å². The topological polar surface area (TPSA) is 101 Å². The molecule has 1 saturated heterocycles. The van der Waals surface area contributed by atoms with Gasteiger partial charge in [0.05, 0.1) is 16.6 Å². The van der Waals surface area contributed by atoms with Crippen LogP contribution in [0.4, 0.5) is 34.8 Å². The van der Waals surface area contributed by atoms with Crippen LogP contribution in [0.5, 0.6) is 0 Å². The fourth-order valence-electron chi connectivity index (χ4n) is 4.88. The first-order valence-electron chi connectivity index (χ1n) is 12.4. The number of halogens is 4. The Morgan fingerprint density at radius 3 is 2.29 bits per heavy atom. The van der Waals surface area contributed by atoms with Crippen LogP contribution >= 0.6 is 0 Å². The molecule has 1 aromatic carbocycles. The van der Waals surface area contributed by atoms with Crippen LogP contribution in [0.25, 0.3) is 0 Å². The van der Waals surface area contributed by atoms with Crippen molar-refractivity contribution in [2.45, 2.75) is 56.9 Å². The van der Waals surface area contributed by atoms with Crippen LogP contribution < -0.4 is 10.2 Å². The minimum absolute atomic E-state index is 0.0102. The summed E-state index contributed by atoms with van der Waals surface area (Å²) in [5, 5.41) is 14.2. The Kier molecular flexibility index (Phi) is 9.10. The second-order valence-corrected chi connectivity index (χ2v) is 9.39. The van der Waals surface area contributed by atoms with Gasteiger partial charge in [-0.2, -0.15) is 0 Å². The number of carbonyl (C=O) groups is 1. The Morgan fingerprint density at radius 1 is 1.03 bits per heavy atom. The van der Waals surface area contributed by atoms with Gasteiger partial charge in [0.2, 0.25) is 0 Å². The molecule has 0 radical (unpaired) electrons. The number of nitrogens with zero attached hydrogens (tertiary/aromatic N) is 4. The van der Waals surface area contributed by atoms with Crippen LogP contribution in [0.1, 0.15) is 49.7 Å². The highest BCUT2D eigenvalue weighted by Gasteiger charge is 2.30. The van der Waals surface area contributed by atoms with Gasteiger partial charge in [-0.05, 0) is 49.9 Å². The van der Waals surface area contributed by atoms with E-state index in [1.54, 1.807) is 6.07 Å². The Bertz CT molecular complexity index is 1090. The summed E-state index contributed by atoms with van der Waals surface area (Å²) in [5.41, 5.74) is -0.953. The molecule has 2 heterocycles. The summed E-state index contributed by atoms with van der Waals surface area (Å²) < 4.78 is 58.1. The smallest absolute Gasteiger partial charge is 0.278 e. The maximum Gasteiger partial charge on any atom is 0.278 e. The van der Waals surface area contributed by atoms with E-state index in [1.807, 2.05) is 9.80 Å². The minimum Gasteiger partial charge on any atom is -0.382 e. The van der Waals surface area contributed by atoms with Gasteiger partial charge in [0.25, 0.3) is 18.5 Å². The van der Waals surface area contributed by atoms with E-state index >= 15 is 0 Å². The first-order chi connectivity index (χ1) is 18.2. The third kappa shape index (κ3) is 6.76. The zero-order valence-electron chi connectivity index (χ0n) is 20.5. The van der Waals surface area contributed by atoms with Gasteiger partial charge in [-0.15, -0.1) is 0 Å². The summed E-state index contributed by atoms with van der Waals surface area (Å²) in [6.45, 7) is 2.23. The van der Waals surface area contributed by atoms with E-state index in [-0.39, 0.29) is 17.7 Å². The first kappa shape index (κ1) is 27.7. The fraction of sp³-hybridized carbons (Fsp3) is 0.520. The van der Waals surface area contributed by atoms with E-state index in [0.29, 0.717) is 63.4 Å². The predicted molar refractivity (Wildman–Crippen MR) is 132 cm³/mol. The van der Waals surface area contributed by atoms with Gasteiger partial charge in [-0.25, -0.2) is 22.5 Å². The van der Waals surface area contributed by atoms with Gasteiger partial charge in [-0.3, -0.25) is 19.8 Å². The molecule has 2 aliphatic rings. The molecule has 0 spiro atoms. The van der Waals surface area contributed by atoms with Crippen molar-refractivity contribution in [2.75, 3.05) is 36.4 Å². The predicted octanol–water partition coefficient (Wildman–Crippen LogP) is 4.95. The van der Waals surface area contributed by atoms with Crippen LogP contribution in [0, 0.1) is 10.1 Å². The summed E-state index contributed by atoms with van der Waals surface area (Å²) in [4.78, 5) is 30.0. The molecule has 1 atom stereocenters. The van der Waals surface area contributed by atoms with Crippen molar-refractivity contribution in [3.05, 3.63) is 57.8 Å². The van der Waals surface area contributed by atoms with Gasteiger partial charge >= 0.3 is 0 Å². The summed E-state index contributed by atoms with van der Waals surface area (Å²) in [6, 6.07) is 6.56. The average molecular weight is 540 g/mol. The lowest BCUT2D eigenvalue weighted by molar-refractivity contribution is -0.386. The second kappa shape index (κ2) is 12.5. The summed E-state index contributed by atoms with van der Waals surface area (Å²) >= 11 is 0. The number of ether oxygens (including phenoxy) is 1. The highest BCUT2D eigenvalue weighted by atomic mass is 19.3. The summed E-state index contributed by atoms with van der Waals surface area (Å²) in [6.07, 6.45) is -1.71. The highest BCUT2D eigenvalue weighted by Crippen LogP contribution is 2.33. The number of benzene rings is 1. The van der Waals surface area contributed by atoms with Crippen LogP contribution in [0.15, 0.2) is 36.5 Å². The molecule has 1 unspecified atom stereocenters. The van der Waals surface area contributed by atoms with Gasteiger partial charge in [0.1, 0.15) is 5.82 Å². The monoisotopic (exact) mass is 539 g/mol. The van der Waals surface area contributed by atoms with Crippen molar-refractivity contribution in [1.29, 1.82) is 0 Å². The van der Waals surface area contributed by atoms with Crippen molar-refractivity contribution in [2.24, 2.45) is 0 Å². The number of alkyl halides is 4. The van der Waals surface area contributed by atoms with Gasteiger partial charge in [0, 0.05) is 55.7 Å². The maximum atomic E-state index is 13.2. The number of nitro groups is 1. The quantitative estimate of drug-likeness (QED) is 0.196. The fourth-order valence-corrected chi connectivity index (χ4v) is 4.88. The Labute approximate surface area is 216 Å². The minimum atomic E-state index is -2.95. The van der Waals surface area contributed by atoms with Crippen LogP contribution in [0.3, 0.4) is 0 Å². The molecule has 206 valence electrons. The molecule has 0 bridgehead atoms. The second-order valence-electron chi connectivity index (χ2n) is 9.39. The normalized spacial score (nSPS) is 21.5. The molecule has 38 heavy (non-hydrogen) atoms. The molecule has 9 nitrogen and oxygen atoms in total. The molecule has 1 saturated carbocycles. The summed E-state index contributed by atoms with van der Waals surface area (Å²) in [7, 11) is 0. The zero-order valence-corrected chi connectivity index (χ0v) is 20.5. The maximum absolute atomic E-state index is 13.2. The number of piperazine rings is 1. The Balaban J connectivity index is 1.24. The lowest BCUT2D eigenvalue weighted by Gasteiger charge is -2.39. The number of nitrogens with one attached hydrogen (secondary N) is 1. The molecular weight excluding hydrogens is 510 g/mol. The lowest BCUT2D eigenvalue weighted by Crippen LogP contribution is -2.53. The van der Waals surface area contributed by atoms with Crippen molar-refractivity contribution in [1.82, 2.24) is 9.88 Å². The number of nitro benzene ring substituents is 1.